The lowest BCUT2D eigenvalue weighted by atomic mass is 10.1. The van der Waals surface area contributed by atoms with Gasteiger partial charge in [0.2, 0.25) is 0 Å². The molecule has 0 amide bonds. The van der Waals surface area contributed by atoms with Crippen LogP contribution in [0.25, 0.3) is 60.8 Å². The van der Waals surface area contributed by atoms with Crippen molar-refractivity contribution in [2.24, 2.45) is 0 Å². The number of benzene rings is 4. The summed E-state index contributed by atoms with van der Waals surface area (Å²) in [5.74, 6) is 0. The van der Waals surface area contributed by atoms with E-state index < -0.39 is 0 Å². The minimum Gasteiger partial charge on any atom is -0.297 e. The third-order valence-corrected chi connectivity index (χ3v) is 7.07. The first-order chi connectivity index (χ1) is 17.4. The maximum Gasteiger partial charge on any atom is 0.133 e. The van der Waals surface area contributed by atoms with Gasteiger partial charge in [-0.1, -0.05) is 72.8 Å². The lowest BCUT2D eigenvalue weighted by Crippen LogP contribution is -2.00. The highest BCUT2D eigenvalue weighted by molar-refractivity contribution is 6.23. The molecule has 8 rings (SSSR count). The van der Waals surface area contributed by atoms with Gasteiger partial charge in [-0.15, -0.1) is 0 Å². The fraction of sp³-hybridized carbons (Fsp3) is 0. The van der Waals surface area contributed by atoms with Crippen LogP contribution in [0.15, 0.2) is 122 Å². The summed E-state index contributed by atoms with van der Waals surface area (Å²) in [6, 6.07) is 40.7. The standard InChI is InChI=1S/C31H20N4/c1-3-12-22(13-4-1)33-20-32-29-28-24-16-8-10-18-26(24)34(23-14-5-2-6-15-23)31(28)35-25-17-9-7-11-21(25)19-27(35)30(29)33/h1-20H. The molecule has 4 heteroatoms. The Morgan fingerprint density at radius 2 is 1.23 bits per heavy atom. The summed E-state index contributed by atoms with van der Waals surface area (Å²) in [5.41, 5.74) is 9.04. The number of hydrogen-bond acceptors (Lipinski definition) is 1. The van der Waals surface area contributed by atoms with Crippen molar-refractivity contribution < 1.29 is 0 Å². The van der Waals surface area contributed by atoms with Crippen molar-refractivity contribution >= 4 is 49.4 Å². The van der Waals surface area contributed by atoms with Gasteiger partial charge in [-0.3, -0.25) is 13.5 Å². The Labute approximate surface area is 200 Å². The molecule has 0 radical (unpaired) electrons. The first kappa shape index (κ1) is 18.6. The minimum absolute atomic E-state index is 1.02. The predicted octanol–water partition coefficient (Wildman–Crippen LogP) is 7.53. The zero-order chi connectivity index (χ0) is 22.9. The third kappa shape index (κ3) is 2.43. The summed E-state index contributed by atoms with van der Waals surface area (Å²) in [7, 11) is 0. The van der Waals surface area contributed by atoms with Crippen molar-refractivity contribution in [3.8, 4) is 11.4 Å². The van der Waals surface area contributed by atoms with Crippen LogP contribution in [-0.2, 0) is 0 Å². The van der Waals surface area contributed by atoms with Gasteiger partial charge in [0.15, 0.2) is 0 Å². The fourth-order valence-corrected chi connectivity index (χ4v) is 5.63. The maximum absolute atomic E-state index is 5.04. The highest BCUT2D eigenvalue weighted by atomic mass is 15.1. The number of para-hydroxylation sites is 4. The monoisotopic (exact) mass is 448 g/mol. The molecule has 4 nitrogen and oxygen atoms in total. The summed E-state index contributed by atoms with van der Waals surface area (Å²) in [5, 5.41) is 3.59. The van der Waals surface area contributed by atoms with Crippen LogP contribution in [0.2, 0.25) is 0 Å². The van der Waals surface area contributed by atoms with E-state index in [4.69, 9.17) is 4.98 Å². The Kier molecular flexibility index (Phi) is 3.63. The van der Waals surface area contributed by atoms with Crippen molar-refractivity contribution in [2.45, 2.75) is 0 Å². The van der Waals surface area contributed by atoms with Crippen molar-refractivity contribution in [3.63, 3.8) is 0 Å². The molecule has 0 bridgehead atoms. The maximum atomic E-state index is 5.04. The molecule has 4 aromatic carbocycles. The quantitative estimate of drug-likeness (QED) is 0.269. The van der Waals surface area contributed by atoms with Gasteiger partial charge < -0.3 is 0 Å². The van der Waals surface area contributed by atoms with Gasteiger partial charge >= 0.3 is 0 Å². The molecule has 0 aliphatic rings. The SMILES string of the molecule is c1ccc(-n2cnc3c4c5ccccc5n(-c5ccccc5)c4n4c5ccccc5cc4c32)cc1. The van der Waals surface area contributed by atoms with Gasteiger partial charge in [-0.05, 0) is 42.5 Å². The smallest absolute Gasteiger partial charge is 0.133 e. The van der Waals surface area contributed by atoms with Gasteiger partial charge in [0.1, 0.15) is 17.5 Å². The van der Waals surface area contributed by atoms with E-state index in [2.05, 4.69) is 129 Å². The average Bonchev–Trinajstić information content (AvgIpc) is 3.61. The van der Waals surface area contributed by atoms with E-state index in [1.165, 1.54) is 27.2 Å². The van der Waals surface area contributed by atoms with Crippen LogP contribution in [0.4, 0.5) is 0 Å². The Hall–Kier alpha value is -4.83. The minimum atomic E-state index is 1.02. The number of hydrogen-bond donors (Lipinski definition) is 0. The molecule has 0 aliphatic carbocycles. The molecular weight excluding hydrogens is 428 g/mol. The molecule has 4 aromatic heterocycles. The van der Waals surface area contributed by atoms with Crippen molar-refractivity contribution in [2.75, 3.05) is 0 Å². The molecule has 8 aromatic rings. The van der Waals surface area contributed by atoms with Crippen LogP contribution < -0.4 is 0 Å². The van der Waals surface area contributed by atoms with Gasteiger partial charge in [-0.2, -0.15) is 0 Å². The zero-order valence-electron chi connectivity index (χ0n) is 18.8. The second-order valence-electron chi connectivity index (χ2n) is 8.96. The van der Waals surface area contributed by atoms with E-state index in [9.17, 15) is 0 Å². The summed E-state index contributed by atoms with van der Waals surface area (Å²) in [6.07, 6.45) is 1.96. The van der Waals surface area contributed by atoms with E-state index >= 15 is 0 Å². The van der Waals surface area contributed by atoms with E-state index in [-0.39, 0.29) is 0 Å². The Bertz CT molecular complexity index is 2040. The second-order valence-corrected chi connectivity index (χ2v) is 8.96. The summed E-state index contributed by atoms with van der Waals surface area (Å²) >= 11 is 0. The number of nitrogens with zero attached hydrogens (tertiary/aromatic N) is 4. The van der Waals surface area contributed by atoms with Crippen LogP contribution in [0.5, 0.6) is 0 Å². The summed E-state index contributed by atoms with van der Waals surface area (Å²) in [4.78, 5) is 5.04. The molecule has 0 saturated heterocycles. The molecule has 0 unspecified atom stereocenters. The summed E-state index contributed by atoms with van der Waals surface area (Å²) < 4.78 is 7.02. The topological polar surface area (TPSA) is 27.2 Å². The van der Waals surface area contributed by atoms with E-state index in [0.29, 0.717) is 0 Å². The Balaban J connectivity index is 1.72. The first-order valence-electron chi connectivity index (χ1n) is 11.8. The normalized spacial score (nSPS) is 12.0. The molecule has 35 heavy (non-hydrogen) atoms. The van der Waals surface area contributed by atoms with Gasteiger partial charge in [0.05, 0.1) is 27.5 Å². The van der Waals surface area contributed by atoms with Crippen LogP contribution in [0, 0.1) is 0 Å². The molecule has 4 heterocycles. The van der Waals surface area contributed by atoms with Crippen LogP contribution in [0.1, 0.15) is 0 Å². The molecule has 0 spiro atoms. The molecule has 0 N–H and O–H groups in total. The average molecular weight is 449 g/mol. The lowest BCUT2D eigenvalue weighted by molar-refractivity contribution is 1.09. The van der Waals surface area contributed by atoms with Crippen molar-refractivity contribution in [1.82, 2.24) is 18.5 Å². The number of aromatic nitrogens is 4. The van der Waals surface area contributed by atoms with Gasteiger partial charge in [0, 0.05) is 22.1 Å². The largest absolute Gasteiger partial charge is 0.297 e. The van der Waals surface area contributed by atoms with Crippen LogP contribution in [-0.4, -0.2) is 18.5 Å². The molecule has 0 fully saturated rings. The van der Waals surface area contributed by atoms with Crippen LogP contribution in [0.3, 0.4) is 0 Å². The number of imidazole rings is 1. The van der Waals surface area contributed by atoms with Gasteiger partial charge in [0.25, 0.3) is 0 Å². The molecule has 0 saturated carbocycles. The molecule has 0 aliphatic heterocycles. The highest BCUT2D eigenvalue weighted by Gasteiger charge is 2.23. The fourth-order valence-electron chi connectivity index (χ4n) is 5.63. The lowest BCUT2D eigenvalue weighted by Gasteiger charge is -2.12. The second kappa shape index (κ2) is 6.84. The van der Waals surface area contributed by atoms with Crippen LogP contribution >= 0.6 is 0 Å². The molecular formula is C31H20N4. The number of pyridine rings is 1. The van der Waals surface area contributed by atoms with E-state index in [1.807, 2.05) is 6.33 Å². The Morgan fingerprint density at radius 3 is 2.03 bits per heavy atom. The predicted molar refractivity (Wildman–Crippen MR) is 144 cm³/mol. The molecule has 164 valence electrons. The van der Waals surface area contributed by atoms with E-state index in [1.54, 1.807) is 0 Å². The Morgan fingerprint density at radius 1 is 0.571 bits per heavy atom. The van der Waals surface area contributed by atoms with Crippen molar-refractivity contribution in [3.05, 3.63) is 122 Å². The van der Waals surface area contributed by atoms with Crippen molar-refractivity contribution in [1.29, 1.82) is 0 Å². The van der Waals surface area contributed by atoms with Gasteiger partial charge in [-0.25, -0.2) is 4.98 Å². The number of rotatable bonds is 2. The number of fused-ring (bicyclic) bond motifs is 10. The zero-order valence-corrected chi connectivity index (χ0v) is 18.8. The highest BCUT2D eigenvalue weighted by Crippen LogP contribution is 2.40. The summed E-state index contributed by atoms with van der Waals surface area (Å²) in [6.45, 7) is 0. The first-order valence-corrected chi connectivity index (χ1v) is 11.8. The van der Waals surface area contributed by atoms with E-state index in [0.717, 1.165) is 33.6 Å². The molecule has 0 atom stereocenters. The third-order valence-electron chi connectivity index (χ3n) is 7.07.